The Balaban J connectivity index is 1.27. The molecular formula is C46H27N5O. The van der Waals surface area contributed by atoms with Crippen molar-refractivity contribution in [1.82, 2.24) is 19.5 Å². The van der Waals surface area contributed by atoms with Crippen molar-refractivity contribution in [1.29, 1.82) is 5.26 Å². The van der Waals surface area contributed by atoms with Crippen molar-refractivity contribution in [3.8, 4) is 57.0 Å². The Bertz CT molecular complexity index is 2950. The van der Waals surface area contributed by atoms with Crippen molar-refractivity contribution in [2.24, 2.45) is 0 Å². The van der Waals surface area contributed by atoms with E-state index in [1.165, 1.54) is 0 Å². The van der Waals surface area contributed by atoms with Gasteiger partial charge in [-0.3, -0.25) is 0 Å². The van der Waals surface area contributed by atoms with Crippen molar-refractivity contribution in [2.45, 2.75) is 0 Å². The molecule has 0 N–H and O–H groups in total. The van der Waals surface area contributed by atoms with Crippen LogP contribution in [0.4, 0.5) is 0 Å². The van der Waals surface area contributed by atoms with E-state index in [0.29, 0.717) is 23.0 Å². The summed E-state index contributed by atoms with van der Waals surface area (Å²) in [6, 6.07) is 57.4. The molecule has 0 spiro atoms. The molecule has 0 aliphatic rings. The Labute approximate surface area is 298 Å². The first-order valence-corrected chi connectivity index (χ1v) is 17.1. The highest BCUT2D eigenvalue weighted by atomic mass is 16.3. The second-order valence-corrected chi connectivity index (χ2v) is 12.7. The number of para-hydroxylation sites is 2. The van der Waals surface area contributed by atoms with Gasteiger partial charge in [0.05, 0.1) is 28.4 Å². The summed E-state index contributed by atoms with van der Waals surface area (Å²) in [6.45, 7) is 0. The third-order valence-electron chi connectivity index (χ3n) is 9.70. The highest BCUT2D eigenvalue weighted by Crippen LogP contribution is 2.42. The minimum Gasteiger partial charge on any atom is -0.454 e. The summed E-state index contributed by atoms with van der Waals surface area (Å²) >= 11 is 0. The highest BCUT2D eigenvalue weighted by Gasteiger charge is 2.22. The lowest BCUT2D eigenvalue weighted by atomic mass is 9.99. The van der Waals surface area contributed by atoms with E-state index in [-0.39, 0.29) is 0 Å². The summed E-state index contributed by atoms with van der Waals surface area (Å²) in [5.41, 5.74) is 9.88. The van der Waals surface area contributed by atoms with E-state index in [4.69, 9.17) is 19.4 Å². The third kappa shape index (κ3) is 4.76. The van der Waals surface area contributed by atoms with E-state index in [9.17, 15) is 5.26 Å². The predicted molar refractivity (Wildman–Crippen MR) is 208 cm³/mol. The summed E-state index contributed by atoms with van der Waals surface area (Å²) in [6.07, 6.45) is 0. The van der Waals surface area contributed by atoms with Crippen LogP contribution in [-0.4, -0.2) is 19.5 Å². The van der Waals surface area contributed by atoms with Gasteiger partial charge in [0.15, 0.2) is 23.1 Å². The molecule has 3 heterocycles. The van der Waals surface area contributed by atoms with Gasteiger partial charge in [-0.25, -0.2) is 15.0 Å². The second kappa shape index (κ2) is 11.9. The number of furan rings is 1. The molecule has 0 saturated heterocycles. The predicted octanol–water partition coefficient (Wildman–Crippen LogP) is 11.4. The van der Waals surface area contributed by atoms with Crippen molar-refractivity contribution >= 4 is 43.7 Å². The fourth-order valence-corrected chi connectivity index (χ4v) is 7.24. The molecule has 0 unspecified atom stereocenters. The van der Waals surface area contributed by atoms with Gasteiger partial charge in [0.2, 0.25) is 0 Å². The zero-order valence-electron chi connectivity index (χ0n) is 27.7. The Morgan fingerprint density at radius 1 is 0.481 bits per heavy atom. The summed E-state index contributed by atoms with van der Waals surface area (Å²) in [5, 5.41) is 14.0. The molecule has 0 aliphatic heterocycles. The Morgan fingerprint density at radius 2 is 1.06 bits per heavy atom. The van der Waals surface area contributed by atoms with Crippen LogP contribution in [0.2, 0.25) is 0 Å². The van der Waals surface area contributed by atoms with Gasteiger partial charge in [0.25, 0.3) is 0 Å². The lowest BCUT2D eigenvalue weighted by Gasteiger charge is -2.16. The van der Waals surface area contributed by atoms with E-state index in [1.54, 1.807) is 0 Å². The number of nitrogens with zero attached hydrogens (tertiary/aromatic N) is 5. The minimum atomic E-state index is 0.566. The highest BCUT2D eigenvalue weighted by molar-refractivity contribution is 6.21. The van der Waals surface area contributed by atoms with Gasteiger partial charge in [0.1, 0.15) is 5.58 Å². The lowest BCUT2D eigenvalue weighted by Crippen LogP contribution is -2.02. The maximum absolute atomic E-state index is 9.65. The van der Waals surface area contributed by atoms with E-state index < -0.39 is 0 Å². The van der Waals surface area contributed by atoms with Gasteiger partial charge in [0, 0.05) is 43.8 Å². The fraction of sp³-hybridized carbons (Fsp3) is 0. The van der Waals surface area contributed by atoms with Gasteiger partial charge in [-0.2, -0.15) is 5.26 Å². The smallest absolute Gasteiger partial charge is 0.164 e. The average molecular weight is 666 g/mol. The Kier molecular flexibility index (Phi) is 6.76. The molecule has 0 fully saturated rings. The molecule has 10 aromatic rings. The maximum Gasteiger partial charge on any atom is 0.164 e. The lowest BCUT2D eigenvalue weighted by molar-refractivity contribution is 0.671. The molecule has 0 amide bonds. The molecule has 7 aromatic carbocycles. The largest absolute Gasteiger partial charge is 0.454 e. The van der Waals surface area contributed by atoms with E-state index >= 15 is 0 Å². The summed E-state index contributed by atoms with van der Waals surface area (Å²) < 4.78 is 8.96. The number of nitriles is 1. The molecule has 3 aromatic heterocycles. The van der Waals surface area contributed by atoms with Gasteiger partial charge in [-0.1, -0.05) is 115 Å². The zero-order valence-corrected chi connectivity index (χ0v) is 27.7. The van der Waals surface area contributed by atoms with Crippen LogP contribution < -0.4 is 0 Å². The van der Waals surface area contributed by atoms with E-state index in [2.05, 4.69) is 71.3 Å². The fourth-order valence-electron chi connectivity index (χ4n) is 7.24. The molecule has 0 radical (unpaired) electrons. The molecule has 242 valence electrons. The monoisotopic (exact) mass is 665 g/mol. The van der Waals surface area contributed by atoms with Crippen molar-refractivity contribution in [3.05, 3.63) is 169 Å². The SMILES string of the molecule is N#Cc1ccc(-c2cc(-c3nc(-c4ccccc4)nc(-c4ccccc4)n3)ccc2-n2c3ccccc3c3ccc4c5ccccc5oc4c32)cc1. The Morgan fingerprint density at radius 3 is 1.75 bits per heavy atom. The van der Waals surface area contributed by atoms with Crippen molar-refractivity contribution in [3.63, 3.8) is 0 Å². The first-order valence-electron chi connectivity index (χ1n) is 17.1. The van der Waals surface area contributed by atoms with Crippen LogP contribution in [0.1, 0.15) is 5.56 Å². The molecule has 0 atom stereocenters. The van der Waals surface area contributed by atoms with Crippen LogP contribution in [0.5, 0.6) is 0 Å². The standard InChI is InChI=1S/C46H27N5O/c47-28-29-19-21-30(22-20-29)38-27-33(46-49-44(31-11-3-1-4-12-31)48-45(50-46)32-13-5-2-6-14-32)23-26-40(38)51-39-17-9-7-15-34(39)36-24-25-37-35-16-8-10-18-41(35)52-43(37)42(36)51/h1-27H. The summed E-state index contributed by atoms with van der Waals surface area (Å²) in [5.74, 6) is 1.77. The molecule has 6 nitrogen and oxygen atoms in total. The normalized spacial score (nSPS) is 11.4. The molecule has 0 bridgehead atoms. The van der Waals surface area contributed by atoms with E-state index in [0.717, 1.165) is 77.2 Å². The zero-order chi connectivity index (χ0) is 34.6. The van der Waals surface area contributed by atoms with Gasteiger partial charge in [-0.15, -0.1) is 0 Å². The van der Waals surface area contributed by atoms with Gasteiger partial charge in [-0.05, 0) is 54.1 Å². The molecule has 10 rings (SSSR count). The van der Waals surface area contributed by atoms with E-state index in [1.807, 2.05) is 103 Å². The molecule has 0 saturated carbocycles. The van der Waals surface area contributed by atoms with Crippen molar-refractivity contribution in [2.75, 3.05) is 0 Å². The Hall–Kier alpha value is -7.36. The average Bonchev–Trinajstić information content (AvgIpc) is 3.77. The summed E-state index contributed by atoms with van der Waals surface area (Å²) in [4.78, 5) is 15.0. The second-order valence-electron chi connectivity index (χ2n) is 12.7. The minimum absolute atomic E-state index is 0.566. The first kappa shape index (κ1) is 29.5. The number of fused-ring (bicyclic) bond motifs is 7. The topological polar surface area (TPSA) is 80.5 Å². The summed E-state index contributed by atoms with van der Waals surface area (Å²) in [7, 11) is 0. The van der Waals surface area contributed by atoms with Gasteiger partial charge >= 0.3 is 0 Å². The number of rotatable bonds is 5. The molecule has 6 heteroatoms. The first-order chi connectivity index (χ1) is 25.7. The number of hydrogen-bond acceptors (Lipinski definition) is 5. The van der Waals surface area contributed by atoms with Crippen molar-refractivity contribution < 1.29 is 4.42 Å². The van der Waals surface area contributed by atoms with Crippen LogP contribution in [-0.2, 0) is 0 Å². The van der Waals surface area contributed by atoms with Crippen LogP contribution in [0, 0.1) is 11.3 Å². The molecule has 52 heavy (non-hydrogen) atoms. The van der Waals surface area contributed by atoms with Crippen LogP contribution in [0.15, 0.2) is 168 Å². The van der Waals surface area contributed by atoms with Crippen LogP contribution in [0.25, 0.3) is 94.7 Å². The third-order valence-corrected chi connectivity index (χ3v) is 9.70. The van der Waals surface area contributed by atoms with Gasteiger partial charge < -0.3 is 8.98 Å². The number of aromatic nitrogens is 4. The maximum atomic E-state index is 9.65. The number of hydrogen-bond donors (Lipinski definition) is 0. The van der Waals surface area contributed by atoms with Crippen LogP contribution in [0.3, 0.4) is 0 Å². The quantitative estimate of drug-likeness (QED) is 0.183. The molecule has 0 aliphatic carbocycles. The number of benzene rings is 7. The molecular weight excluding hydrogens is 639 g/mol. The van der Waals surface area contributed by atoms with Crippen LogP contribution >= 0.6 is 0 Å².